The van der Waals surface area contributed by atoms with Crippen LogP contribution < -0.4 is 10.1 Å². The second kappa shape index (κ2) is 8.18. The van der Waals surface area contributed by atoms with Gasteiger partial charge >= 0.3 is 0 Å². The molecule has 0 radical (unpaired) electrons. The fourth-order valence-corrected chi connectivity index (χ4v) is 2.18. The van der Waals surface area contributed by atoms with E-state index in [4.69, 9.17) is 4.74 Å². The Morgan fingerprint density at radius 1 is 1.26 bits per heavy atom. The fourth-order valence-electron chi connectivity index (χ4n) is 2.18. The van der Waals surface area contributed by atoms with E-state index < -0.39 is 0 Å². The Kier molecular flexibility index (Phi) is 6.89. The second-order valence-corrected chi connectivity index (χ2v) is 5.72. The summed E-state index contributed by atoms with van der Waals surface area (Å²) in [6, 6.07) is 8.85. The molecular weight excluding hydrogens is 236 g/mol. The molecule has 0 aromatic heterocycles. The molecule has 1 atom stereocenters. The van der Waals surface area contributed by atoms with Gasteiger partial charge in [-0.05, 0) is 37.2 Å². The average Bonchev–Trinajstić information content (AvgIpc) is 2.36. The number of hydrogen-bond donors (Lipinski definition) is 1. The highest BCUT2D eigenvalue weighted by Gasteiger charge is 2.08. The Bertz CT molecular complexity index is 366. The summed E-state index contributed by atoms with van der Waals surface area (Å²) in [5, 5.41) is 3.49. The maximum absolute atomic E-state index is 5.25. The Morgan fingerprint density at radius 2 is 2.00 bits per heavy atom. The zero-order chi connectivity index (χ0) is 14.3. The normalized spacial score (nSPS) is 13.0. The van der Waals surface area contributed by atoms with Crippen molar-refractivity contribution in [2.24, 2.45) is 5.92 Å². The molecule has 0 aliphatic rings. The molecule has 19 heavy (non-hydrogen) atoms. The molecule has 0 amide bonds. The van der Waals surface area contributed by atoms with Crippen LogP contribution in [0.5, 0.6) is 5.75 Å². The first-order valence-electron chi connectivity index (χ1n) is 7.06. The van der Waals surface area contributed by atoms with Gasteiger partial charge in [-0.3, -0.25) is 0 Å². The molecule has 0 spiro atoms. The summed E-state index contributed by atoms with van der Waals surface area (Å²) in [5.74, 6) is 1.58. The molecule has 1 aromatic rings. The van der Waals surface area contributed by atoms with Crippen LogP contribution >= 0.6 is 0 Å². The molecule has 0 saturated carbocycles. The Morgan fingerprint density at radius 3 is 2.63 bits per heavy atom. The molecule has 1 rings (SSSR count). The number of methoxy groups -OCH3 is 1. The molecule has 0 fully saturated rings. The highest BCUT2D eigenvalue weighted by molar-refractivity contribution is 5.28. The van der Waals surface area contributed by atoms with E-state index in [0.717, 1.165) is 25.4 Å². The van der Waals surface area contributed by atoms with Gasteiger partial charge in [0, 0.05) is 19.1 Å². The van der Waals surface area contributed by atoms with Crippen LogP contribution in [-0.2, 0) is 6.54 Å². The molecule has 1 aromatic carbocycles. The number of benzene rings is 1. The van der Waals surface area contributed by atoms with Crippen molar-refractivity contribution in [1.29, 1.82) is 0 Å². The molecule has 1 unspecified atom stereocenters. The van der Waals surface area contributed by atoms with Crippen molar-refractivity contribution in [2.75, 3.05) is 27.2 Å². The summed E-state index contributed by atoms with van der Waals surface area (Å²) in [5.41, 5.74) is 1.30. The van der Waals surface area contributed by atoms with Crippen LogP contribution in [0.25, 0.3) is 0 Å². The molecule has 1 N–H and O–H groups in total. The number of hydrogen-bond acceptors (Lipinski definition) is 3. The Hall–Kier alpha value is -1.06. The van der Waals surface area contributed by atoms with Gasteiger partial charge in [-0.25, -0.2) is 0 Å². The second-order valence-electron chi connectivity index (χ2n) is 5.72. The van der Waals surface area contributed by atoms with Crippen molar-refractivity contribution in [1.82, 2.24) is 10.2 Å². The van der Waals surface area contributed by atoms with E-state index in [1.165, 1.54) is 5.56 Å². The first kappa shape index (κ1) is 16.0. The number of nitrogens with one attached hydrogen (secondary N) is 1. The van der Waals surface area contributed by atoms with Crippen molar-refractivity contribution in [3.8, 4) is 5.75 Å². The molecule has 0 bridgehead atoms. The quantitative estimate of drug-likeness (QED) is 0.781. The van der Waals surface area contributed by atoms with Gasteiger partial charge < -0.3 is 15.0 Å². The first-order valence-corrected chi connectivity index (χ1v) is 7.06. The molecule has 0 aliphatic carbocycles. The lowest BCUT2D eigenvalue weighted by Gasteiger charge is -2.22. The van der Waals surface area contributed by atoms with Gasteiger partial charge in [0.1, 0.15) is 5.75 Å². The minimum absolute atomic E-state index is 0.561. The topological polar surface area (TPSA) is 24.5 Å². The van der Waals surface area contributed by atoms with Crippen molar-refractivity contribution >= 4 is 0 Å². The van der Waals surface area contributed by atoms with Gasteiger partial charge in [0.15, 0.2) is 0 Å². The minimum atomic E-state index is 0.561. The molecular formula is C16H28N2O. The summed E-state index contributed by atoms with van der Waals surface area (Å²) in [7, 11) is 3.88. The van der Waals surface area contributed by atoms with Gasteiger partial charge in [-0.2, -0.15) is 0 Å². The third kappa shape index (κ3) is 6.60. The maximum atomic E-state index is 5.25. The third-order valence-electron chi connectivity index (χ3n) is 3.08. The van der Waals surface area contributed by atoms with Crippen LogP contribution in [0, 0.1) is 5.92 Å². The zero-order valence-corrected chi connectivity index (χ0v) is 12.9. The molecule has 0 saturated heterocycles. The first-order chi connectivity index (χ1) is 9.01. The zero-order valence-electron chi connectivity index (χ0n) is 12.9. The Labute approximate surface area is 118 Å². The summed E-state index contributed by atoms with van der Waals surface area (Å²) in [6.45, 7) is 9.79. The lowest BCUT2D eigenvalue weighted by Crippen LogP contribution is -2.33. The van der Waals surface area contributed by atoms with Gasteiger partial charge in [0.25, 0.3) is 0 Å². The molecule has 3 nitrogen and oxygen atoms in total. The highest BCUT2D eigenvalue weighted by Crippen LogP contribution is 2.14. The summed E-state index contributed by atoms with van der Waals surface area (Å²) in [6.07, 6.45) is 0. The smallest absolute Gasteiger partial charge is 0.119 e. The van der Waals surface area contributed by atoms with E-state index in [2.05, 4.69) is 50.2 Å². The van der Waals surface area contributed by atoms with Crippen molar-refractivity contribution in [3.05, 3.63) is 29.8 Å². The van der Waals surface area contributed by atoms with Crippen molar-refractivity contribution < 1.29 is 4.74 Å². The SMILES string of the molecule is COc1cccc(CN(C)CC(C)CNC(C)C)c1. The highest BCUT2D eigenvalue weighted by atomic mass is 16.5. The van der Waals surface area contributed by atoms with Gasteiger partial charge in [-0.1, -0.05) is 32.9 Å². The van der Waals surface area contributed by atoms with E-state index >= 15 is 0 Å². The number of rotatable bonds is 8. The lowest BCUT2D eigenvalue weighted by molar-refractivity contribution is 0.271. The maximum Gasteiger partial charge on any atom is 0.119 e. The van der Waals surface area contributed by atoms with Crippen LogP contribution in [0.1, 0.15) is 26.3 Å². The molecule has 0 heterocycles. The van der Waals surface area contributed by atoms with Crippen LogP contribution in [0.15, 0.2) is 24.3 Å². The van der Waals surface area contributed by atoms with Crippen LogP contribution in [0.3, 0.4) is 0 Å². The molecule has 3 heteroatoms. The average molecular weight is 264 g/mol. The van der Waals surface area contributed by atoms with E-state index in [1.54, 1.807) is 7.11 Å². The van der Waals surface area contributed by atoms with Crippen LogP contribution in [0.2, 0.25) is 0 Å². The van der Waals surface area contributed by atoms with Gasteiger partial charge in [-0.15, -0.1) is 0 Å². The Balaban J connectivity index is 2.39. The van der Waals surface area contributed by atoms with E-state index in [1.807, 2.05) is 12.1 Å². The summed E-state index contributed by atoms with van der Waals surface area (Å²) >= 11 is 0. The third-order valence-corrected chi connectivity index (χ3v) is 3.08. The van der Waals surface area contributed by atoms with Gasteiger partial charge in [0.2, 0.25) is 0 Å². The molecule has 0 aliphatic heterocycles. The van der Waals surface area contributed by atoms with Crippen molar-refractivity contribution in [3.63, 3.8) is 0 Å². The summed E-state index contributed by atoms with van der Waals surface area (Å²) < 4.78 is 5.25. The van der Waals surface area contributed by atoms with E-state index in [0.29, 0.717) is 12.0 Å². The van der Waals surface area contributed by atoms with Gasteiger partial charge in [0.05, 0.1) is 7.11 Å². The summed E-state index contributed by atoms with van der Waals surface area (Å²) in [4.78, 5) is 2.36. The standard InChI is InChI=1S/C16H28N2O/c1-13(2)17-10-14(3)11-18(4)12-15-7-6-8-16(9-15)19-5/h6-9,13-14,17H,10-12H2,1-5H3. The van der Waals surface area contributed by atoms with Crippen molar-refractivity contribution in [2.45, 2.75) is 33.4 Å². The fraction of sp³-hybridized carbons (Fsp3) is 0.625. The molecule has 108 valence electrons. The minimum Gasteiger partial charge on any atom is -0.497 e. The monoisotopic (exact) mass is 264 g/mol. The van der Waals surface area contributed by atoms with E-state index in [-0.39, 0.29) is 0 Å². The predicted octanol–water partition coefficient (Wildman–Crippen LogP) is 2.76. The number of ether oxygens (including phenoxy) is 1. The number of nitrogens with zero attached hydrogens (tertiary/aromatic N) is 1. The van der Waals surface area contributed by atoms with E-state index in [9.17, 15) is 0 Å². The predicted molar refractivity (Wildman–Crippen MR) is 81.6 cm³/mol. The van der Waals surface area contributed by atoms with Crippen LogP contribution in [0.4, 0.5) is 0 Å². The largest absolute Gasteiger partial charge is 0.497 e. The van der Waals surface area contributed by atoms with Crippen LogP contribution in [-0.4, -0.2) is 38.2 Å². The lowest BCUT2D eigenvalue weighted by atomic mass is 10.1.